The molecule has 0 unspecified atom stereocenters. The first-order valence-corrected chi connectivity index (χ1v) is 4.89. The monoisotopic (exact) mass is 234 g/mol. The quantitative estimate of drug-likeness (QED) is 0.728. The van der Waals surface area contributed by atoms with E-state index < -0.39 is 0 Å². The summed E-state index contributed by atoms with van der Waals surface area (Å²) in [6.45, 7) is 0.157. The maximum atomic E-state index is 11.5. The van der Waals surface area contributed by atoms with Crippen LogP contribution < -0.4 is 10.3 Å². The molecule has 2 aromatic heterocycles. The smallest absolute Gasteiger partial charge is 0.267 e. The van der Waals surface area contributed by atoms with Crippen molar-refractivity contribution in [1.29, 1.82) is 0 Å². The minimum Gasteiger partial charge on any atom is -0.480 e. The van der Waals surface area contributed by atoms with Gasteiger partial charge in [0.05, 0.1) is 7.11 Å². The van der Waals surface area contributed by atoms with Crippen LogP contribution in [0.1, 0.15) is 16.3 Å². The highest BCUT2D eigenvalue weighted by Crippen LogP contribution is 2.07. The lowest BCUT2D eigenvalue weighted by Crippen LogP contribution is -2.22. The fourth-order valence-electron chi connectivity index (χ4n) is 1.34. The number of carbonyl (C=O) groups is 1. The minimum atomic E-state index is -0.269. The summed E-state index contributed by atoms with van der Waals surface area (Å²) in [7, 11) is 1.47. The molecule has 0 amide bonds. The number of furan rings is 1. The molecule has 0 N–H and O–H groups in total. The number of aldehydes is 1. The molecule has 0 saturated carbocycles. The standard InChI is InChI=1S/C11H10N2O4/c1-16-10-4-5-11(15)13(12-10)6-8-2-3-9(7-14)17-8/h2-5,7H,6H2,1H3. The Morgan fingerprint density at radius 2 is 2.24 bits per heavy atom. The summed E-state index contributed by atoms with van der Waals surface area (Å²) in [5.74, 6) is 1.04. The van der Waals surface area contributed by atoms with Crippen molar-refractivity contribution in [3.63, 3.8) is 0 Å². The van der Waals surface area contributed by atoms with Crippen LogP contribution in [0.4, 0.5) is 0 Å². The third-order valence-electron chi connectivity index (χ3n) is 2.16. The first-order valence-electron chi connectivity index (χ1n) is 4.89. The van der Waals surface area contributed by atoms with Crippen molar-refractivity contribution in [3.8, 4) is 5.88 Å². The van der Waals surface area contributed by atoms with Gasteiger partial charge in [-0.05, 0) is 12.1 Å². The molecule has 0 aliphatic carbocycles. The molecule has 0 spiro atoms. The van der Waals surface area contributed by atoms with Crippen LogP contribution in [-0.2, 0) is 6.54 Å². The van der Waals surface area contributed by atoms with Crippen molar-refractivity contribution >= 4 is 6.29 Å². The molecular weight excluding hydrogens is 224 g/mol. The lowest BCUT2D eigenvalue weighted by molar-refractivity contribution is 0.109. The van der Waals surface area contributed by atoms with Gasteiger partial charge in [-0.15, -0.1) is 5.10 Å². The molecule has 0 aliphatic rings. The first-order chi connectivity index (χ1) is 8.22. The lowest BCUT2D eigenvalue weighted by atomic mass is 10.4. The Kier molecular flexibility index (Phi) is 3.04. The number of ether oxygens (including phenoxy) is 1. The second-order valence-corrected chi connectivity index (χ2v) is 3.29. The van der Waals surface area contributed by atoms with Gasteiger partial charge >= 0.3 is 0 Å². The van der Waals surface area contributed by atoms with Crippen molar-refractivity contribution in [2.24, 2.45) is 0 Å². The highest BCUT2D eigenvalue weighted by molar-refractivity contribution is 5.70. The highest BCUT2D eigenvalue weighted by atomic mass is 16.5. The molecular formula is C11H10N2O4. The van der Waals surface area contributed by atoms with Crippen LogP contribution in [0.25, 0.3) is 0 Å². The molecule has 0 atom stereocenters. The maximum Gasteiger partial charge on any atom is 0.267 e. The van der Waals surface area contributed by atoms with Crippen LogP contribution in [-0.4, -0.2) is 23.2 Å². The molecule has 2 aromatic rings. The molecule has 88 valence electrons. The fraction of sp³-hybridized carbons (Fsp3) is 0.182. The van der Waals surface area contributed by atoms with Gasteiger partial charge in [0.2, 0.25) is 5.88 Å². The van der Waals surface area contributed by atoms with Crippen LogP contribution in [0.3, 0.4) is 0 Å². The van der Waals surface area contributed by atoms with Crippen LogP contribution >= 0.6 is 0 Å². The molecule has 2 rings (SSSR count). The fourth-order valence-corrected chi connectivity index (χ4v) is 1.34. The second kappa shape index (κ2) is 4.65. The topological polar surface area (TPSA) is 74.3 Å². The zero-order chi connectivity index (χ0) is 12.3. The Morgan fingerprint density at radius 1 is 1.41 bits per heavy atom. The van der Waals surface area contributed by atoms with E-state index in [4.69, 9.17) is 9.15 Å². The summed E-state index contributed by atoms with van der Waals surface area (Å²) >= 11 is 0. The van der Waals surface area contributed by atoms with E-state index in [9.17, 15) is 9.59 Å². The largest absolute Gasteiger partial charge is 0.480 e. The number of rotatable bonds is 4. The summed E-state index contributed by atoms with van der Waals surface area (Å²) in [5.41, 5.74) is -0.269. The van der Waals surface area contributed by atoms with Crippen molar-refractivity contribution < 1.29 is 13.9 Å². The molecule has 6 heteroatoms. The third-order valence-corrected chi connectivity index (χ3v) is 2.16. The normalized spacial score (nSPS) is 10.2. The molecule has 0 bridgehead atoms. The van der Waals surface area contributed by atoms with E-state index in [0.717, 1.165) is 0 Å². The van der Waals surface area contributed by atoms with Crippen molar-refractivity contribution in [1.82, 2.24) is 9.78 Å². The third kappa shape index (κ3) is 2.41. The Hall–Kier alpha value is -2.37. The van der Waals surface area contributed by atoms with E-state index in [2.05, 4.69) is 5.10 Å². The number of methoxy groups -OCH3 is 1. The van der Waals surface area contributed by atoms with Crippen molar-refractivity contribution in [2.45, 2.75) is 6.54 Å². The SMILES string of the molecule is COc1ccc(=O)n(Cc2ccc(C=O)o2)n1. The van der Waals surface area contributed by atoms with Gasteiger partial charge in [0.25, 0.3) is 5.56 Å². The average molecular weight is 234 g/mol. The number of aromatic nitrogens is 2. The number of hydrogen-bond donors (Lipinski definition) is 0. The van der Waals surface area contributed by atoms with Gasteiger partial charge in [0, 0.05) is 12.1 Å². The zero-order valence-electron chi connectivity index (χ0n) is 9.12. The van der Waals surface area contributed by atoms with Gasteiger partial charge in [-0.3, -0.25) is 9.59 Å². The highest BCUT2D eigenvalue weighted by Gasteiger charge is 2.05. The van der Waals surface area contributed by atoms with E-state index >= 15 is 0 Å². The van der Waals surface area contributed by atoms with Crippen molar-refractivity contribution in [2.75, 3.05) is 7.11 Å². The summed E-state index contributed by atoms with van der Waals surface area (Å²) < 4.78 is 11.3. The lowest BCUT2D eigenvalue weighted by Gasteiger charge is -2.03. The van der Waals surface area contributed by atoms with Crippen LogP contribution in [0.2, 0.25) is 0 Å². The van der Waals surface area contributed by atoms with Gasteiger partial charge in [0.15, 0.2) is 12.0 Å². The van der Waals surface area contributed by atoms with E-state index in [1.807, 2.05) is 0 Å². The molecule has 0 fully saturated rings. The average Bonchev–Trinajstić information content (AvgIpc) is 2.80. The van der Waals surface area contributed by atoms with Gasteiger partial charge < -0.3 is 9.15 Å². The molecule has 0 aliphatic heterocycles. The van der Waals surface area contributed by atoms with Crippen LogP contribution in [0, 0.1) is 0 Å². The Balaban J connectivity index is 2.28. The summed E-state index contributed by atoms with van der Waals surface area (Å²) in [5, 5.41) is 3.95. The summed E-state index contributed by atoms with van der Waals surface area (Å²) in [4.78, 5) is 21.9. The van der Waals surface area contributed by atoms with Crippen LogP contribution in [0.5, 0.6) is 5.88 Å². The van der Waals surface area contributed by atoms with E-state index in [1.165, 1.54) is 30.0 Å². The second-order valence-electron chi connectivity index (χ2n) is 3.29. The van der Waals surface area contributed by atoms with Crippen molar-refractivity contribution in [3.05, 3.63) is 46.1 Å². The maximum absolute atomic E-state index is 11.5. The molecule has 2 heterocycles. The first kappa shape index (κ1) is 11.1. The number of hydrogen-bond acceptors (Lipinski definition) is 5. The molecule has 0 radical (unpaired) electrons. The molecule has 0 aromatic carbocycles. The minimum absolute atomic E-state index is 0.157. The van der Waals surface area contributed by atoms with Crippen LogP contribution in [0.15, 0.2) is 33.5 Å². The summed E-state index contributed by atoms with van der Waals surface area (Å²) in [6, 6.07) is 6.00. The molecule has 17 heavy (non-hydrogen) atoms. The zero-order valence-corrected chi connectivity index (χ0v) is 9.12. The van der Waals surface area contributed by atoms with Gasteiger partial charge in [-0.2, -0.15) is 0 Å². The Labute approximate surface area is 96.4 Å². The Bertz CT molecular complexity index is 585. The van der Waals surface area contributed by atoms with Gasteiger partial charge in [-0.1, -0.05) is 0 Å². The Morgan fingerprint density at radius 3 is 2.88 bits per heavy atom. The van der Waals surface area contributed by atoms with E-state index in [0.29, 0.717) is 17.9 Å². The summed E-state index contributed by atoms with van der Waals surface area (Å²) in [6.07, 6.45) is 0.602. The molecule has 0 saturated heterocycles. The number of nitrogens with zero attached hydrogens (tertiary/aromatic N) is 2. The van der Waals surface area contributed by atoms with Gasteiger partial charge in [0.1, 0.15) is 12.3 Å². The molecule has 6 nitrogen and oxygen atoms in total. The predicted octanol–water partition coefficient (Wildman–Crippen LogP) is 0.706. The van der Waals surface area contributed by atoms with E-state index in [-0.39, 0.29) is 17.9 Å². The number of carbonyl (C=O) groups excluding carboxylic acids is 1. The van der Waals surface area contributed by atoms with Gasteiger partial charge in [-0.25, -0.2) is 4.68 Å². The predicted molar refractivity (Wildman–Crippen MR) is 58.2 cm³/mol. The van der Waals surface area contributed by atoms with E-state index in [1.54, 1.807) is 6.07 Å².